The Morgan fingerprint density at radius 3 is 2.95 bits per heavy atom. The fourth-order valence-electron chi connectivity index (χ4n) is 2.73. The lowest BCUT2D eigenvalue weighted by molar-refractivity contribution is -0.385. The number of nitrogens with zero attached hydrogens (tertiary/aromatic N) is 1. The first-order chi connectivity index (χ1) is 9.11. The summed E-state index contributed by atoms with van der Waals surface area (Å²) in [6.45, 7) is 2.57. The van der Waals surface area contributed by atoms with Gasteiger partial charge in [-0.2, -0.15) is 0 Å². The summed E-state index contributed by atoms with van der Waals surface area (Å²) in [5, 5.41) is 23.5. The van der Waals surface area contributed by atoms with Crippen LogP contribution in [0.2, 0.25) is 0 Å². The maximum absolute atomic E-state index is 10.9. The van der Waals surface area contributed by atoms with Crippen LogP contribution in [0.1, 0.15) is 30.4 Å². The van der Waals surface area contributed by atoms with Gasteiger partial charge in [0.1, 0.15) is 0 Å². The molecule has 19 heavy (non-hydrogen) atoms. The van der Waals surface area contributed by atoms with Crippen LogP contribution in [-0.4, -0.2) is 22.7 Å². The molecule has 1 aliphatic rings. The number of hydrogen-bond acceptors (Lipinski definition) is 4. The minimum Gasteiger partial charge on any atom is -0.396 e. The van der Waals surface area contributed by atoms with Crippen molar-refractivity contribution < 1.29 is 10.0 Å². The van der Waals surface area contributed by atoms with Crippen LogP contribution in [0, 0.1) is 23.0 Å². The highest BCUT2D eigenvalue weighted by molar-refractivity contribution is 5.42. The smallest absolute Gasteiger partial charge is 0.272 e. The monoisotopic (exact) mass is 264 g/mol. The van der Waals surface area contributed by atoms with Gasteiger partial charge in [0.2, 0.25) is 0 Å². The number of hydrogen-bond donors (Lipinski definition) is 2. The van der Waals surface area contributed by atoms with Gasteiger partial charge in [-0.1, -0.05) is 18.6 Å². The van der Waals surface area contributed by atoms with E-state index in [9.17, 15) is 15.2 Å². The SMILES string of the molecule is Cc1ccc(CNC2CCCC2CO)cc1[N+](=O)[O-]. The molecule has 1 fully saturated rings. The molecule has 0 radical (unpaired) electrons. The van der Waals surface area contributed by atoms with Crippen LogP contribution in [0.25, 0.3) is 0 Å². The summed E-state index contributed by atoms with van der Waals surface area (Å²) in [4.78, 5) is 10.5. The van der Waals surface area contributed by atoms with Crippen molar-refractivity contribution >= 4 is 5.69 Å². The predicted octanol–water partition coefficient (Wildman–Crippen LogP) is 2.15. The van der Waals surface area contributed by atoms with E-state index in [1.54, 1.807) is 19.1 Å². The number of aliphatic hydroxyl groups is 1. The Morgan fingerprint density at radius 2 is 2.26 bits per heavy atom. The van der Waals surface area contributed by atoms with Crippen LogP contribution >= 0.6 is 0 Å². The van der Waals surface area contributed by atoms with E-state index >= 15 is 0 Å². The largest absolute Gasteiger partial charge is 0.396 e. The van der Waals surface area contributed by atoms with Gasteiger partial charge < -0.3 is 10.4 Å². The Labute approximate surface area is 112 Å². The lowest BCUT2D eigenvalue weighted by Crippen LogP contribution is -2.33. The third kappa shape index (κ3) is 3.30. The van der Waals surface area contributed by atoms with E-state index in [1.807, 2.05) is 6.07 Å². The number of rotatable bonds is 5. The Morgan fingerprint density at radius 1 is 1.47 bits per heavy atom. The minimum absolute atomic E-state index is 0.171. The molecule has 0 bridgehead atoms. The maximum Gasteiger partial charge on any atom is 0.272 e. The predicted molar refractivity (Wildman–Crippen MR) is 72.9 cm³/mol. The van der Waals surface area contributed by atoms with Gasteiger partial charge in [-0.25, -0.2) is 0 Å². The highest BCUT2D eigenvalue weighted by atomic mass is 16.6. The maximum atomic E-state index is 10.9. The van der Waals surface area contributed by atoms with Crippen molar-refractivity contribution in [3.63, 3.8) is 0 Å². The number of nitrogens with one attached hydrogen (secondary N) is 1. The number of aliphatic hydroxyl groups excluding tert-OH is 1. The summed E-state index contributed by atoms with van der Waals surface area (Å²) >= 11 is 0. The van der Waals surface area contributed by atoms with Crippen LogP contribution in [0.4, 0.5) is 5.69 Å². The van der Waals surface area contributed by atoms with Crippen LogP contribution in [-0.2, 0) is 6.54 Å². The topological polar surface area (TPSA) is 75.4 Å². The van der Waals surface area contributed by atoms with E-state index in [0.717, 1.165) is 24.8 Å². The first-order valence-electron chi connectivity index (χ1n) is 6.70. The molecule has 2 N–H and O–H groups in total. The Hall–Kier alpha value is -1.46. The van der Waals surface area contributed by atoms with Gasteiger partial charge in [-0.3, -0.25) is 10.1 Å². The molecule has 0 spiro atoms. The fraction of sp³-hybridized carbons (Fsp3) is 0.571. The molecular weight excluding hydrogens is 244 g/mol. The Bertz CT molecular complexity index is 462. The minimum atomic E-state index is -0.342. The van der Waals surface area contributed by atoms with Crippen LogP contribution in [0.15, 0.2) is 18.2 Å². The molecule has 2 unspecified atom stereocenters. The van der Waals surface area contributed by atoms with Gasteiger partial charge in [-0.05, 0) is 31.2 Å². The zero-order valence-corrected chi connectivity index (χ0v) is 11.1. The number of aryl methyl sites for hydroxylation is 1. The molecule has 104 valence electrons. The second kappa shape index (κ2) is 6.12. The van der Waals surface area contributed by atoms with Crippen molar-refractivity contribution in [3.8, 4) is 0 Å². The number of benzene rings is 1. The zero-order valence-electron chi connectivity index (χ0n) is 11.1. The quantitative estimate of drug-likeness (QED) is 0.631. The second-order valence-corrected chi connectivity index (χ2v) is 5.24. The summed E-state index contributed by atoms with van der Waals surface area (Å²) in [6, 6.07) is 5.65. The van der Waals surface area contributed by atoms with E-state index in [-0.39, 0.29) is 17.2 Å². The van der Waals surface area contributed by atoms with Crippen LogP contribution in [0.5, 0.6) is 0 Å². The Balaban J connectivity index is 2.00. The highest BCUT2D eigenvalue weighted by Gasteiger charge is 2.25. The van der Waals surface area contributed by atoms with Gasteiger partial charge in [0.25, 0.3) is 5.69 Å². The van der Waals surface area contributed by atoms with Gasteiger partial charge in [-0.15, -0.1) is 0 Å². The number of nitro benzene ring substituents is 1. The standard InChI is InChI=1S/C14H20N2O3/c1-10-5-6-11(7-14(10)16(18)19)8-15-13-4-2-3-12(13)9-17/h5-7,12-13,15,17H,2-4,8-9H2,1H3. The summed E-state index contributed by atoms with van der Waals surface area (Å²) in [5.74, 6) is 0.320. The lowest BCUT2D eigenvalue weighted by Gasteiger charge is -2.19. The zero-order chi connectivity index (χ0) is 13.8. The van der Waals surface area contributed by atoms with E-state index in [2.05, 4.69) is 5.32 Å². The molecule has 1 saturated carbocycles. The first-order valence-corrected chi connectivity index (χ1v) is 6.70. The molecule has 0 heterocycles. The highest BCUT2D eigenvalue weighted by Crippen LogP contribution is 2.26. The Kier molecular flexibility index (Phi) is 4.50. The van der Waals surface area contributed by atoms with Gasteiger partial charge in [0.05, 0.1) is 4.92 Å². The van der Waals surface area contributed by atoms with E-state index in [1.165, 1.54) is 0 Å². The molecule has 5 heteroatoms. The summed E-state index contributed by atoms with van der Waals surface area (Å²) in [5.41, 5.74) is 1.77. The second-order valence-electron chi connectivity index (χ2n) is 5.24. The van der Waals surface area contributed by atoms with Gasteiger partial charge in [0, 0.05) is 30.8 Å². The average molecular weight is 264 g/mol. The molecule has 2 rings (SSSR count). The molecule has 1 aromatic carbocycles. The third-order valence-electron chi connectivity index (χ3n) is 3.93. The summed E-state index contributed by atoms with van der Waals surface area (Å²) in [7, 11) is 0. The third-order valence-corrected chi connectivity index (χ3v) is 3.93. The lowest BCUT2D eigenvalue weighted by atomic mass is 10.0. The van der Waals surface area contributed by atoms with Gasteiger partial charge >= 0.3 is 0 Å². The molecule has 0 saturated heterocycles. The normalized spacial score (nSPS) is 22.6. The van der Waals surface area contributed by atoms with Crippen molar-refractivity contribution in [2.75, 3.05) is 6.61 Å². The average Bonchev–Trinajstić information content (AvgIpc) is 2.84. The van der Waals surface area contributed by atoms with E-state index in [0.29, 0.717) is 24.1 Å². The fourth-order valence-corrected chi connectivity index (χ4v) is 2.73. The molecular formula is C14H20N2O3. The van der Waals surface area contributed by atoms with Crippen LogP contribution in [0.3, 0.4) is 0 Å². The molecule has 0 aliphatic heterocycles. The van der Waals surface area contributed by atoms with Gasteiger partial charge in [0.15, 0.2) is 0 Å². The molecule has 0 amide bonds. The summed E-state index contributed by atoms with van der Waals surface area (Å²) in [6.07, 6.45) is 3.26. The molecule has 1 aliphatic carbocycles. The van der Waals surface area contributed by atoms with Crippen molar-refractivity contribution in [1.29, 1.82) is 0 Å². The van der Waals surface area contributed by atoms with Crippen molar-refractivity contribution in [2.24, 2.45) is 5.92 Å². The molecule has 1 aromatic rings. The molecule has 2 atom stereocenters. The molecule has 5 nitrogen and oxygen atoms in total. The van der Waals surface area contributed by atoms with Crippen molar-refractivity contribution in [2.45, 2.75) is 38.8 Å². The van der Waals surface area contributed by atoms with Crippen LogP contribution < -0.4 is 5.32 Å². The number of nitro groups is 1. The van der Waals surface area contributed by atoms with Crippen molar-refractivity contribution in [3.05, 3.63) is 39.4 Å². The first kappa shape index (κ1) is 14.0. The molecule has 0 aromatic heterocycles. The van der Waals surface area contributed by atoms with E-state index in [4.69, 9.17) is 0 Å². The van der Waals surface area contributed by atoms with Crippen molar-refractivity contribution in [1.82, 2.24) is 5.32 Å². The van der Waals surface area contributed by atoms with E-state index < -0.39 is 0 Å². The summed E-state index contributed by atoms with van der Waals surface area (Å²) < 4.78 is 0.